The summed E-state index contributed by atoms with van der Waals surface area (Å²) in [5.74, 6) is 5.91. The molecule has 0 radical (unpaired) electrons. The lowest BCUT2D eigenvalue weighted by molar-refractivity contribution is -0.142. The van der Waals surface area contributed by atoms with Crippen molar-refractivity contribution in [1.82, 2.24) is 16.1 Å². The first kappa shape index (κ1) is 27.7. The number of nitrogens with two attached hydrogens (primary N) is 1. The maximum atomic E-state index is 12.8. The van der Waals surface area contributed by atoms with Crippen LogP contribution in [-0.4, -0.2) is 46.7 Å². The predicted molar refractivity (Wildman–Crippen MR) is 130 cm³/mol. The van der Waals surface area contributed by atoms with Gasteiger partial charge in [-0.2, -0.15) is 0 Å². The number of carbonyl (C=O) groups excluding carboxylic acids is 1. The van der Waals surface area contributed by atoms with E-state index in [0.717, 1.165) is 5.01 Å². The van der Waals surface area contributed by atoms with Crippen LogP contribution in [0.15, 0.2) is 53.7 Å². The molecule has 0 saturated heterocycles. The van der Waals surface area contributed by atoms with E-state index < -0.39 is 5.60 Å². The normalized spacial score (nSPS) is 11.4. The Kier molecular flexibility index (Phi) is 11.1. The molecular formula is C23H35N7O3. The molecule has 0 saturated carbocycles. The fourth-order valence-corrected chi connectivity index (χ4v) is 3.14. The number of benzene rings is 1. The maximum Gasteiger partial charge on any atom is 0.257 e. The Bertz CT molecular complexity index is 929. The number of oxime groups is 1. The number of amidine groups is 1. The number of pyridine rings is 1. The first-order valence-electron chi connectivity index (χ1n) is 10.6. The van der Waals surface area contributed by atoms with Crippen molar-refractivity contribution in [3.8, 4) is 0 Å². The molecule has 2 rings (SSSR count). The summed E-state index contributed by atoms with van der Waals surface area (Å²) in [4.78, 5) is 22.7. The molecule has 10 heteroatoms. The second kappa shape index (κ2) is 13.3. The van der Waals surface area contributed by atoms with Crippen molar-refractivity contribution in [1.29, 1.82) is 5.41 Å². The average molecular weight is 458 g/mol. The molecule has 0 atom stereocenters. The molecule has 0 fully saturated rings. The molecule has 1 heterocycles. The van der Waals surface area contributed by atoms with E-state index in [1.807, 2.05) is 51.1 Å². The molecule has 0 aliphatic heterocycles. The molecule has 0 bridgehead atoms. The highest BCUT2D eigenvalue weighted by Gasteiger charge is 2.35. The molecule has 1 aromatic heterocycles. The van der Waals surface area contributed by atoms with E-state index in [1.54, 1.807) is 25.2 Å². The highest BCUT2D eigenvalue weighted by Crippen LogP contribution is 2.22. The van der Waals surface area contributed by atoms with E-state index in [4.69, 9.17) is 20.8 Å². The van der Waals surface area contributed by atoms with Gasteiger partial charge >= 0.3 is 0 Å². The van der Waals surface area contributed by atoms with E-state index in [-0.39, 0.29) is 24.5 Å². The lowest BCUT2D eigenvalue weighted by Crippen LogP contribution is -2.44. The number of nitrogens with one attached hydrogen (secondary N) is 2. The minimum absolute atomic E-state index is 0. The number of ether oxygens (including phenoxy) is 1. The van der Waals surface area contributed by atoms with Crippen molar-refractivity contribution >= 4 is 23.3 Å². The zero-order valence-corrected chi connectivity index (χ0v) is 19.8. The highest BCUT2D eigenvalue weighted by molar-refractivity contribution is 6.46. The second-order valence-electron chi connectivity index (χ2n) is 7.14. The van der Waals surface area contributed by atoms with Gasteiger partial charge in [-0.3, -0.25) is 15.2 Å². The third-order valence-electron chi connectivity index (χ3n) is 5.02. The van der Waals surface area contributed by atoms with Crippen molar-refractivity contribution in [2.45, 2.75) is 45.8 Å². The van der Waals surface area contributed by atoms with Gasteiger partial charge in [-0.15, -0.1) is 0 Å². The van der Waals surface area contributed by atoms with Crippen LogP contribution in [0.2, 0.25) is 0 Å². The summed E-state index contributed by atoms with van der Waals surface area (Å²) in [5.41, 5.74) is 0.691. The van der Waals surface area contributed by atoms with Crippen LogP contribution in [0.25, 0.3) is 0 Å². The van der Waals surface area contributed by atoms with Crippen LogP contribution in [0.4, 0.5) is 5.82 Å². The smallest absolute Gasteiger partial charge is 0.257 e. The summed E-state index contributed by atoms with van der Waals surface area (Å²) in [7, 11) is 1.56. The molecule has 0 aliphatic rings. The molecule has 10 nitrogen and oxygen atoms in total. The van der Waals surface area contributed by atoms with Gasteiger partial charge in [0.05, 0.1) is 5.69 Å². The summed E-state index contributed by atoms with van der Waals surface area (Å²) in [6.07, 6.45) is 1.12. The SMILES string of the molecule is CCOC(CC)(CC)C(=O)Nc1cccc(CO/N=C(\C(=N)N(C)N)c2ccccc2)n1.N. The topological polar surface area (TPSA) is 161 Å². The summed E-state index contributed by atoms with van der Waals surface area (Å²) < 4.78 is 5.75. The van der Waals surface area contributed by atoms with E-state index >= 15 is 0 Å². The van der Waals surface area contributed by atoms with Crippen LogP contribution < -0.4 is 17.3 Å². The first-order valence-corrected chi connectivity index (χ1v) is 10.6. The van der Waals surface area contributed by atoms with Crippen molar-refractivity contribution in [3.05, 3.63) is 59.8 Å². The lowest BCUT2D eigenvalue weighted by atomic mass is 9.96. The fourth-order valence-electron chi connectivity index (χ4n) is 3.14. The van der Waals surface area contributed by atoms with E-state index in [0.29, 0.717) is 42.2 Å². The predicted octanol–water partition coefficient (Wildman–Crippen LogP) is 3.48. The van der Waals surface area contributed by atoms with E-state index in [9.17, 15) is 4.79 Å². The van der Waals surface area contributed by atoms with Crippen LogP contribution in [-0.2, 0) is 21.0 Å². The zero-order chi connectivity index (χ0) is 23.6. The largest absolute Gasteiger partial charge is 0.389 e. The van der Waals surface area contributed by atoms with Crippen LogP contribution in [0.1, 0.15) is 44.9 Å². The molecule has 0 spiro atoms. The molecule has 1 aromatic carbocycles. The number of carbonyl (C=O) groups is 1. The Morgan fingerprint density at radius 3 is 2.39 bits per heavy atom. The number of likely N-dealkylation sites (N-methyl/N-ethyl adjacent to an activating group) is 1. The summed E-state index contributed by atoms with van der Waals surface area (Å²) in [6, 6.07) is 14.5. The molecule has 180 valence electrons. The third kappa shape index (κ3) is 7.35. The summed E-state index contributed by atoms with van der Waals surface area (Å²) in [5, 5.41) is 16.3. The van der Waals surface area contributed by atoms with Gasteiger partial charge in [0.25, 0.3) is 5.91 Å². The number of hydrogen-bond acceptors (Lipinski definition) is 8. The van der Waals surface area contributed by atoms with Crippen LogP contribution in [0, 0.1) is 5.41 Å². The van der Waals surface area contributed by atoms with Crippen molar-refractivity contribution in [2.24, 2.45) is 11.0 Å². The average Bonchev–Trinajstić information content (AvgIpc) is 2.80. The zero-order valence-electron chi connectivity index (χ0n) is 19.8. The summed E-state index contributed by atoms with van der Waals surface area (Å²) >= 11 is 0. The quantitative estimate of drug-likeness (QED) is 0.174. The summed E-state index contributed by atoms with van der Waals surface area (Å²) in [6.45, 7) is 6.23. The van der Waals surface area contributed by atoms with Crippen molar-refractivity contribution in [3.63, 3.8) is 0 Å². The van der Waals surface area contributed by atoms with Crippen LogP contribution in [0.3, 0.4) is 0 Å². The van der Waals surface area contributed by atoms with Gasteiger partial charge in [0.1, 0.15) is 11.4 Å². The molecule has 0 unspecified atom stereocenters. The van der Waals surface area contributed by atoms with Gasteiger partial charge in [-0.1, -0.05) is 55.4 Å². The van der Waals surface area contributed by atoms with Gasteiger partial charge in [0.15, 0.2) is 18.2 Å². The van der Waals surface area contributed by atoms with Gasteiger partial charge in [0.2, 0.25) is 0 Å². The van der Waals surface area contributed by atoms with Crippen LogP contribution in [0.5, 0.6) is 0 Å². The Morgan fingerprint density at radius 1 is 1.15 bits per heavy atom. The Hall–Kier alpha value is -3.34. The lowest BCUT2D eigenvalue weighted by Gasteiger charge is -2.29. The molecule has 1 amide bonds. The fraction of sp³-hybridized carbons (Fsp3) is 0.391. The van der Waals surface area contributed by atoms with Crippen LogP contribution >= 0.6 is 0 Å². The Morgan fingerprint density at radius 2 is 1.82 bits per heavy atom. The number of nitrogens with zero attached hydrogens (tertiary/aromatic N) is 3. The molecule has 7 N–H and O–H groups in total. The number of aromatic nitrogens is 1. The number of anilines is 1. The standard InChI is InChI=1S/C23H32N6O3.H3N/c1-5-23(6-2,31-7-3)22(30)27-19-15-11-14-18(26-19)16-32-28-20(21(24)29(4)25)17-12-9-8-10-13-17;/h8-15,24H,5-7,16,25H2,1-4H3,(H,26,27,30);1H3/b24-21?,28-20-;. The Labute approximate surface area is 195 Å². The first-order chi connectivity index (χ1) is 15.4. The molecule has 33 heavy (non-hydrogen) atoms. The highest BCUT2D eigenvalue weighted by atomic mass is 16.6. The molecular weight excluding hydrogens is 422 g/mol. The molecule has 2 aromatic rings. The number of amides is 1. The minimum Gasteiger partial charge on any atom is -0.389 e. The number of hydrogen-bond donors (Lipinski definition) is 4. The monoisotopic (exact) mass is 457 g/mol. The van der Waals surface area contributed by atoms with E-state index in [1.165, 1.54) is 0 Å². The van der Waals surface area contributed by atoms with Crippen molar-refractivity contribution in [2.75, 3.05) is 19.0 Å². The number of hydrazine groups is 1. The number of rotatable bonds is 11. The van der Waals surface area contributed by atoms with Gasteiger partial charge in [-0.25, -0.2) is 10.8 Å². The Balaban J connectivity index is 0.00000544. The van der Waals surface area contributed by atoms with Crippen molar-refractivity contribution < 1.29 is 14.4 Å². The minimum atomic E-state index is -0.883. The van der Waals surface area contributed by atoms with Gasteiger partial charge in [-0.05, 0) is 31.9 Å². The molecule has 0 aliphatic carbocycles. The van der Waals surface area contributed by atoms with Gasteiger partial charge < -0.3 is 21.0 Å². The third-order valence-corrected chi connectivity index (χ3v) is 5.02. The van der Waals surface area contributed by atoms with E-state index in [2.05, 4.69) is 15.5 Å². The maximum absolute atomic E-state index is 12.8. The second-order valence-corrected chi connectivity index (χ2v) is 7.14. The van der Waals surface area contributed by atoms with Gasteiger partial charge in [0, 0.05) is 19.2 Å².